The number of benzene rings is 1. The van der Waals surface area contributed by atoms with Crippen molar-refractivity contribution in [2.45, 2.75) is 6.54 Å². The fourth-order valence-electron chi connectivity index (χ4n) is 1.39. The lowest BCUT2D eigenvalue weighted by Crippen LogP contribution is -2.04. The van der Waals surface area contributed by atoms with Crippen LogP contribution in [0.4, 0.5) is 0 Å². The first kappa shape index (κ1) is 10.8. The molecule has 2 aromatic rings. The van der Waals surface area contributed by atoms with Crippen LogP contribution in [0.1, 0.15) is 10.6 Å². The van der Waals surface area contributed by atoms with Crippen LogP contribution in [0.15, 0.2) is 29.6 Å². The molecule has 80 valence electrons. The van der Waals surface area contributed by atoms with Gasteiger partial charge in [0, 0.05) is 17.5 Å². The summed E-state index contributed by atoms with van der Waals surface area (Å²) in [5.74, 6) is 0. The Morgan fingerprint density at radius 3 is 2.75 bits per heavy atom. The van der Waals surface area contributed by atoms with Crippen LogP contribution in [0.5, 0.6) is 0 Å². The SMILES string of the molecule is CNCc1nc(-c2ccc(C#N)cc2)cs1. The van der Waals surface area contributed by atoms with Gasteiger partial charge in [0.2, 0.25) is 0 Å². The molecule has 16 heavy (non-hydrogen) atoms. The molecular weight excluding hydrogens is 218 g/mol. The third kappa shape index (κ3) is 2.27. The molecule has 3 nitrogen and oxygen atoms in total. The smallest absolute Gasteiger partial charge is 0.107 e. The molecule has 1 aromatic carbocycles. The highest BCUT2D eigenvalue weighted by molar-refractivity contribution is 7.09. The predicted molar refractivity (Wildman–Crippen MR) is 65.0 cm³/mol. The van der Waals surface area contributed by atoms with E-state index in [1.165, 1.54) is 0 Å². The lowest BCUT2D eigenvalue weighted by molar-refractivity contribution is 0.811. The zero-order valence-electron chi connectivity index (χ0n) is 8.90. The Hall–Kier alpha value is -1.70. The lowest BCUT2D eigenvalue weighted by atomic mass is 10.1. The molecular formula is C12H11N3S. The van der Waals surface area contributed by atoms with E-state index in [1.807, 2.05) is 36.7 Å². The summed E-state index contributed by atoms with van der Waals surface area (Å²) < 4.78 is 0. The quantitative estimate of drug-likeness (QED) is 0.879. The van der Waals surface area contributed by atoms with Gasteiger partial charge in [0.05, 0.1) is 17.3 Å². The molecule has 1 aromatic heterocycles. The minimum absolute atomic E-state index is 0.675. The van der Waals surface area contributed by atoms with E-state index in [0.29, 0.717) is 5.56 Å². The van der Waals surface area contributed by atoms with Gasteiger partial charge in [-0.25, -0.2) is 4.98 Å². The van der Waals surface area contributed by atoms with Crippen molar-refractivity contribution in [1.29, 1.82) is 5.26 Å². The third-order valence-electron chi connectivity index (χ3n) is 2.19. The van der Waals surface area contributed by atoms with E-state index in [0.717, 1.165) is 22.8 Å². The fraction of sp³-hybridized carbons (Fsp3) is 0.167. The van der Waals surface area contributed by atoms with E-state index in [-0.39, 0.29) is 0 Å². The highest BCUT2D eigenvalue weighted by Gasteiger charge is 2.03. The molecule has 0 aliphatic carbocycles. The predicted octanol–water partition coefficient (Wildman–Crippen LogP) is 2.40. The van der Waals surface area contributed by atoms with E-state index in [2.05, 4.69) is 16.4 Å². The lowest BCUT2D eigenvalue weighted by Gasteiger charge is -1.96. The Morgan fingerprint density at radius 1 is 1.38 bits per heavy atom. The second-order valence-corrected chi connectivity index (χ2v) is 4.29. The number of hydrogen-bond donors (Lipinski definition) is 1. The summed E-state index contributed by atoms with van der Waals surface area (Å²) in [5, 5.41) is 14.9. The van der Waals surface area contributed by atoms with Crippen molar-refractivity contribution in [2.24, 2.45) is 0 Å². The Labute approximate surface area is 98.4 Å². The summed E-state index contributed by atoms with van der Waals surface area (Å²) in [6, 6.07) is 9.58. The molecule has 4 heteroatoms. The largest absolute Gasteiger partial charge is 0.314 e. The first-order chi connectivity index (χ1) is 7.83. The Balaban J connectivity index is 2.25. The van der Waals surface area contributed by atoms with Crippen LogP contribution in [0.2, 0.25) is 0 Å². The molecule has 0 atom stereocenters. The Morgan fingerprint density at radius 2 is 2.12 bits per heavy atom. The monoisotopic (exact) mass is 229 g/mol. The van der Waals surface area contributed by atoms with E-state index >= 15 is 0 Å². The molecule has 0 unspecified atom stereocenters. The summed E-state index contributed by atoms with van der Waals surface area (Å²) in [4.78, 5) is 4.50. The topological polar surface area (TPSA) is 48.7 Å². The van der Waals surface area contributed by atoms with Gasteiger partial charge in [-0.05, 0) is 19.2 Å². The summed E-state index contributed by atoms with van der Waals surface area (Å²) >= 11 is 1.64. The average molecular weight is 229 g/mol. The maximum Gasteiger partial charge on any atom is 0.107 e. The van der Waals surface area contributed by atoms with Crippen LogP contribution in [0, 0.1) is 11.3 Å². The van der Waals surface area contributed by atoms with Crippen LogP contribution in [-0.4, -0.2) is 12.0 Å². The number of thiazole rings is 1. The molecule has 0 aliphatic heterocycles. The number of hydrogen-bond acceptors (Lipinski definition) is 4. The van der Waals surface area contributed by atoms with Gasteiger partial charge >= 0.3 is 0 Å². The molecule has 0 amide bonds. The second-order valence-electron chi connectivity index (χ2n) is 3.35. The molecule has 1 N–H and O–H groups in total. The van der Waals surface area contributed by atoms with Gasteiger partial charge < -0.3 is 5.32 Å². The highest BCUT2D eigenvalue weighted by Crippen LogP contribution is 2.22. The normalized spacial score (nSPS) is 10.0. The minimum atomic E-state index is 0.675. The van der Waals surface area contributed by atoms with Crippen molar-refractivity contribution in [3.63, 3.8) is 0 Å². The molecule has 0 radical (unpaired) electrons. The Bertz CT molecular complexity index is 508. The number of aromatic nitrogens is 1. The van der Waals surface area contributed by atoms with Gasteiger partial charge in [0.25, 0.3) is 0 Å². The number of nitrogens with one attached hydrogen (secondary N) is 1. The molecule has 0 bridgehead atoms. The van der Waals surface area contributed by atoms with Crippen molar-refractivity contribution in [3.05, 3.63) is 40.2 Å². The third-order valence-corrected chi connectivity index (χ3v) is 3.04. The van der Waals surface area contributed by atoms with Gasteiger partial charge in [0.1, 0.15) is 5.01 Å². The first-order valence-corrected chi connectivity index (χ1v) is 5.81. The van der Waals surface area contributed by atoms with Gasteiger partial charge in [-0.3, -0.25) is 0 Å². The van der Waals surface area contributed by atoms with Crippen molar-refractivity contribution in [1.82, 2.24) is 10.3 Å². The second kappa shape index (κ2) is 4.88. The summed E-state index contributed by atoms with van der Waals surface area (Å²) in [6.45, 7) is 0.793. The molecule has 2 rings (SSSR count). The zero-order chi connectivity index (χ0) is 11.4. The number of rotatable bonds is 3. The van der Waals surface area contributed by atoms with Gasteiger partial charge in [0.15, 0.2) is 0 Å². The maximum absolute atomic E-state index is 8.70. The van der Waals surface area contributed by atoms with E-state index < -0.39 is 0 Å². The molecule has 0 fully saturated rings. The van der Waals surface area contributed by atoms with Crippen molar-refractivity contribution >= 4 is 11.3 Å². The molecule has 1 heterocycles. The van der Waals surface area contributed by atoms with Crippen LogP contribution in [0.3, 0.4) is 0 Å². The van der Waals surface area contributed by atoms with Crippen LogP contribution >= 0.6 is 11.3 Å². The van der Waals surface area contributed by atoms with Gasteiger partial charge in [-0.1, -0.05) is 12.1 Å². The van der Waals surface area contributed by atoms with E-state index in [4.69, 9.17) is 5.26 Å². The zero-order valence-corrected chi connectivity index (χ0v) is 9.71. The fourth-order valence-corrected chi connectivity index (χ4v) is 2.21. The van der Waals surface area contributed by atoms with Crippen molar-refractivity contribution in [3.8, 4) is 17.3 Å². The van der Waals surface area contributed by atoms with Crippen LogP contribution in [0.25, 0.3) is 11.3 Å². The molecule has 0 saturated heterocycles. The van der Waals surface area contributed by atoms with Crippen LogP contribution in [-0.2, 0) is 6.54 Å². The first-order valence-electron chi connectivity index (χ1n) is 4.93. The highest BCUT2D eigenvalue weighted by atomic mass is 32.1. The minimum Gasteiger partial charge on any atom is -0.314 e. The van der Waals surface area contributed by atoms with Crippen molar-refractivity contribution < 1.29 is 0 Å². The summed E-state index contributed by atoms with van der Waals surface area (Å²) in [6.07, 6.45) is 0. The molecule has 0 aliphatic rings. The van der Waals surface area contributed by atoms with E-state index in [9.17, 15) is 0 Å². The Kier molecular flexibility index (Phi) is 3.30. The van der Waals surface area contributed by atoms with E-state index in [1.54, 1.807) is 11.3 Å². The summed E-state index contributed by atoms with van der Waals surface area (Å²) in [5.41, 5.74) is 2.70. The maximum atomic E-state index is 8.70. The van der Waals surface area contributed by atoms with Gasteiger partial charge in [-0.2, -0.15) is 5.26 Å². The van der Waals surface area contributed by atoms with Crippen molar-refractivity contribution in [2.75, 3.05) is 7.05 Å². The average Bonchev–Trinajstić information content (AvgIpc) is 2.78. The number of nitriles is 1. The number of nitrogens with zero attached hydrogens (tertiary/aromatic N) is 2. The standard InChI is InChI=1S/C12H11N3S/c1-14-7-12-15-11(8-16-12)10-4-2-9(6-13)3-5-10/h2-5,8,14H,7H2,1H3. The summed E-state index contributed by atoms with van der Waals surface area (Å²) in [7, 11) is 1.91. The van der Waals surface area contributed by atoms with Crippen LogP contribution < -0.4 is 5.32 Å². The van der Waals surface area contributed by atoms with Gasteiger partial charge in [-0.15, -0.1) is 11.3 Å². The molecule has 0 spiro atoms. The molecule has 0 saturated carbocycles.